The Morgan fingerprint density at radius 1 is 1.33 bits per heavy atom. The summed E-state index contributed by atoms with van der Waals surface area (Å²) in [6, 6.07) is 5.69. The molecular formula is C11H15FO3. The summed E-state index contributed by atoms with van der Waals surface area (Å²) in [4.78, 5) is 0. The Kier molecular flexibility index (Phi) is 5.07. The first kappa shape index (κ1) is 11.9. The van der Waals surface area contributed by atoms with Gasteiger partial charge in [-0.25, -0.2) is 4.39 Å². The molecule has 1 atom stereocenters. The van der Waals surface area contributed by atoms with Gasteiger partial charge >= 0.3 is 0 Å². The van der Waals surface area contributed by atoms with E-state index in [1.165, 1.54) is 24.3 Å². The summed E-state index contributed by atoms with van der Waals surface area (Å²) >= 11 is 0. The molecule has 15 heavy (non-hydrogen) atoms. The quantitative estimate of drug-likeness (QED) is 0.781. The molecule has 1 N–H and O–H groups in total. The van der Waals surface area contributed by atoms with Crippen LogP contribution in [0.3, 0.4) is 0 Å². The number of ether oxygens (including phenoxy) is 2. The van der Waals surface area contributed by atoms with Crippen LogP contribution in [-0.2, 0) is 4.74 Å². The zero-order chi connectivity index (χ0) is 11.1. The average Bonchev–Trinajstić information content (AvgIpc) is 2.25. The van der Waals surface area contributed by atoms with Gasteiger partial charge in [-0.2, -0.15) is 0 Å². The Morgan fingerprint density at radius 3 is 2.60 bits per heavy atom. The van der Waals surface area contributed by atoms with Gasteiger partial charge in [0.05, 0.1) is 6.10 Å². The Hall–Kier alpha value is -1.13. The van der Waals surface area contributed by atoms with Gasteiger partial charge in [-0.15, -0.1) is 0 Å². The third-order valence-corrected chi connectivity index (χ3v) is 1.91. The molecule has 0 bridgehead atoms. The van der Waals surface area contributed by atoms with Crippen molar-refractivity contribution < 1.29 is 19.0 Å². The van der Waals surface area contributed by atoms with Crippen LogP contribution in [0.15, 0.2) is 24.3 Å². The zero-order valence-electron chi connectivity index (χ0n) is 8.65. The molecule has 0 radical (unpaired) electrons. The minimum Gasteiger partial charge on any atom is -0.491 e. The van der Waals surface area contributed by atoms with Crippen molar-refractivity contribution in [1.82, 2.24) is 0 Å². The van der Waals surface area contributed by atoms with E-state index in [2.05, 4.69) is 0 Å². The molecule has 0 amide bonds. The summed E-state index contributed by atoms with van der Waals surface area (Å²) in [5, 5.41) is 9.42. The van der Waals surface area contributed by atoms with Gasteiger partial charge in [0.15, 0.2) is 0 Å². The maximum absolute atomic E-state index is 12.5. The van der Waals surface area contributed by atoms with Crippen molar-refractivity contribution in [3.05, 3.63) is 30.1 Å². The van der Waals surface area contributed by atoms with Crippen molar-refractivity contribution in [3.63, 3.8) is 0 Å². The summed E-state index contributed by atoms with van der Waals surface area (Å²) in [7, 11) is 1.58. The van der Waals surface area contributed by atoms with E-state index < -0.39 is 6.10 Å². The van der Waals surface area contributed by atoms with E-state index >= 15 is 0 Å². The lowest BCUT2D eigenvalue weighted by Crippen LogP contribution is -2.19. The van der Waals surface area contributed by atoms with Crippen molar-refractivity contribution in [3.8, 4) is 5.75 Å². The first-order chi connectivity index (χ1) is 7.22. The van der Waals surface area contributed by atoms with Crippen LogP contribution in [0.4, 0.5) is 4.39 Å². The standard InChI is InChI=1S/C11H15FO3/c1-14-7-6-10(13)8-15-11-4-2-9(12)3-5-11/h2-5,10,13H,6-8H2,1H3. The van der Waals surface area contributed by atoms with E-state index in [0.717, 1.165) is 0 Å². The summed E-state index contributed by atoms with van der Waals surface area (Å²) in [6.07, 6.45) is -0.0347. The van der Waals surface area contributed by atoms with Crippen molar-refractivity contribution in [1.29, 1.82) is 0 Å². The van der Waals surface area contributed by atoms with E-state index in [4.69, 9.17) is 9.47 Å². The highest BCUT2D eigenvalue weighted by Crippen LogP contribution is 2.11. The zero-order valence-corrected chi connectivity index (χ0v) is 8.65. The Morgan fingerprint density at radius 2 is 2.00 bits per heavy atom. The molecule has 0 saturated carbocycles. The van der Waals surface area contributed by atoms with Gasteiger partial charge in [-0.3, -0.25) is 0 Å². The van der Waals surface area contributed by atoms with Crippen molar-refractivity contribution in [2.45, 2.75) is 12.5 Å². The molecule has 0 aromatic heterocycles. The monoisotopic (exact) mass is 214 g/mol. The molecule has 84 valence electrons. The first-order valence-corrected chi connectivity index (χ1v) is 4.77. The first-order valence-electron chi connectivity index (χ1n) is 4.77. The summed E-state index contributed by atoms with van der Waals surface area (Å²) in [5.41, 5.74) is 0. The predicted molar refractivity (Wildman–Crippen MR) is 54.4 cm³/mol. The Bertz CT molecular complexity index is 274. The second-order valence-corrected chi connectivity index (χ2v) is 3.20. The van der Waals surface area contributed by atoms with Crippen LogP contribution in [0.5, 0.6) is 5.75 Å². The molecule has 0 saturated heterocycles. The lowest BCUT2D eigenvalue weighted by Gasteiger charge is -2.11. The largest absolute Gasteiger partial charge is 0.491 e. The molecule has 0 heterocycles. The van der Waals surface area contributed by atoms with Gasteiger partial charge in [0.1, 0.15) is 18.2 Å². The van der Waals surface area contributed by atoms with Crippen molar-refractivity contribution >= 4 is 0 Å². The molecule has 0 spiro atoms. The number of aliphatic hydroxyl groups is 1. The second kappa shape index (κ2) is 6.37. The van der Waals surface area contributed by atoms with Crippen molar-refractivity contribution in [2.75, 3.05) is 20.3 Å². The van der Waals surface area contributed by atoms with Gasteiger partial charge in [0, 0.05) is 13.7 Å². The SMILES string of the molecule is COCCC(O)COc1ccc(F)cc1. The molecule has 0 aliphatic heterocycles. The van der Waals surface area contributed by atoms with Gasteiger partial charge in [0.25, 0.3) is 0 Å². The van der Waals surface area contributed by atoms with Crippen LogP contribution >= 0.6 is 0 Å². The summed E-state index contributed by atoms with van der Waals surface area (Å²) < 4.78 is 22.6. The molecule has 1 rings (SSSR count). The van der Waals surface area contributed by atoms with E-state index in [9.17, 15) is 9.50 Å². The third kappa shape index (κ3) is 4.76. The normalized spacial score (nSPS) is 12.5. The van der Waals surface area contributed by atoms with E-state index in [1.54, 1.807) is 7.11 Å². The van der Waals surface area contributed by atoms with Crippen LogP contribution in [-0.4, -0.2) is 31.5 Å². The molecule has 1 unspecified atom stereocenters. The molecule has 0 aliphatic carbocycles. The van der Waals surface area contributed by atoms with E-state index in [1.807, 2.05) is 0 Å². The van der Waals surface area contributed by atoms with E-state index in [-0.39, 0.29) is 12.4 Å². The van der Waals surface area contributed by atoms with Gasteiger partial charge < -0.3 is 14.6 Å². The average molecular weight is 214 g/mol. The number of rotatable bonds is 6. The minimum atomic E-state index is -0.560. The fourth-order valence-electron chi connectivity index (χ4n) is 1.06. The summed E-state index contributed by atoms with van der Waals surface area (Å²) in [6.45, 7) is 0.683. The van der Waals surface area contributed by atoms with Gasteiger partial charge in [-0.05, 0) is 30.7 Å². The number of aliphatic hydroxyl groups excluding tert-OH is 1. The van der Waals surface area contributed by atoms with E-state index in [0.29, 0.717) is 18.8 Å². The lowest BCUT2D eigenvalue weighted by atomic mass is 10.3. The fourth-order valence-corrected chi connectivity index (χ4v) is 1.06. The highest BCUT2D eigenvalue weighted by molar-refractivity contribution is 5.21. The maximum Gasteiger partial charge on any atom is 0.123 e. The highest BCUT2D eigenvalue weighted by Gasteiger charge is 2.04. The third-order valence-electron chi connectivity index (χ3n) is 1.91. The minimum absolute atomic E-state index is 0.189. The number of benzene rings is 1. The number of hydrogen-bond acceptors (Lipinski definition) is 3. The molecule has 0 fully saturated rings. The van der Waals surface area contributed by atoms with Crippen molar-refractivity contribution in [2.24, 2.45) is 0 Å². The van der Waals surface area contributed by atoms with Crippen LogP contribution < -0.4 is 4.74 Å². The second-order valence-electron chi connectivity index (χ2n) is 3.20. The Labute approximate surface area is 88.4 Å². The number of hydrogen-bond donors (Lipinski definition) is 1. The smallest absolute Gasteiger partial charge is 0.123 e. The van der Waals surface area contributed by atoms with Gasteiger partial charge in [0.2, 0.25) is 0 Å². The highest BCUT2D eigenvalue weighted by atomic mass is 19.1. The maximum atomic E-state index is 12.5. The van der Waals surface area contributed by atoms with Crippen LogP contribution in [0.1, 0.15) is 6.42 Å². The predicted octanol–water partition coefficient (Wildman–Crippen LogP) is 1.60. The molecule has 1 aromatic rings. The Balaban J connectivity index is 2.27. The lowest BCUT2D eigenvalue weighted by molar-refractivity contribution is 0.0706. The molecular weight excluding hydrogens is 199 g/mol. The van der Waals surface area contributed by atoms with Crippen LogP contribution in [0.2, 0.25) is 0 Å². The van der Waals surface area contributed by atoms with Gasteiger partial charge in [-0.1, -0.05) is 0 Å². The number of methoxy groups -OCH3 is 1. The molecule has 0 aliphatic rings. The molecule has 3 nitrogen and oxygen atoms in total. The topological polar surface area (TPSA) is 38.7 Å². The molecule has 4 heteroatoms. The summed E-state index contributed by atoms with van der Waals surface area (Å²) in [5.74, 6) is 0.246. The van der Waals surface area contributed by atoms with Crippen LogP contribution in [0, 0.1) is 5.82 Å². The van der Waals surface area contributed by atoms with Crippen LogP contribution in [0.25, 0.3) is 0 Å². The molecule has 1 aromatic carbocycles. The fraction of sp³-hybridized carbons (Fsp3) is 0.455. The number of halogens is 1.